The van der Waals surface area contributed by atoms with Gasteiger partial charge in [0.1, 0.15) is 11.2 Å². The minimum absolute atomic E-state index is 0.0205. The first-order chi connectivity index (χ1) is 20.4. The van der Waals surface area contributed by atoms with Gasteiger partial charge in [0.25, 0.3) is 0 Å². The maximum Gasteiger partial charge on any atom is 0.404 e. The Morgan fingerprint density at radius 2 is 1.07 bits per heavy atom. The molecule has 8 rings (SSSR count). The van der Waals surface area contributed by atoms with Crippen molar-refractivity contribution in [1.82, 2.24) is 0 Å². The Balaban J connectivity index is 0.000000178. The molecule has 8 fully saturated rings. The predicted molar refractivity (Wildman–Crippen MR) is 150 cm³/mol. The zero-order valence-corrected chi connectivity index (χ0v) is 26.9. The van der Waals surface area contributed by atoms with Crippen LogP contribution in [-0.2, 0) is 19.1 Å². The zero-order chi connectivity index (χ0) is 33.6. The molecular weight excluding hydrogens is 606 g/mol. The molecule has 45 heavy (non-hydrogen) atoms. The average molecular weight is 655 g/mol. The Labute approximate surface area is 261 Å². The number of halogens is 6. The molecule has 0 amide bonds. The lowest BCUT2D eigenvalue weighted by Gasteiger charge is -2.62. The Hall–Kier alpha value is -1.56. The van der Waals surface area contributed by atoms with Crippen LogP contribution in [0.2, 0.25) is 0 Å². The van der Waals surface area contributed by atoms with Crippen molar-refractivity contribution >= 4 is 11.9 Å². The molecule has 0 aromatic rings. The fourth-order valence-corrected chi connectivity index (χ4v) is 10.2. The fraction of sp³-hybridized carbons (Fsp3) is 0.939. The monoisotopic (exact) mass is 654 g/mol. The lowest BCUT2D eigenvalue weighted by Crippen LogP contribution is -2.67. The summed E-state index contributed by atoms with van der Waals surface area (Å²) >= 11 is 0. The minimum atomic E-state index is -4.70. The highest BCUT2D eigenvalue weighted by Gasteiger charge is 2.67. The van der Waals surface area contributed by atoms with Crippen LogP contribution >= 0.6 is 0 Å². The molecule has 8 aliphatic carbocycles. The van der Waals surface area contributed by atoms with Gasteiger partial charge in [0, 0.05) is 19.3 Å². The zero-order valence-electron chi connectivity index (χ0n) is 26.9. The molecule has 0 aliphatic heterocycles. The molecule has 2 N–H and O–H groups in total. The number of aliphatic hydroxyl groups is 2. The van der Waals surface area contributed by atoms with E-state index in [1.54, 1.807) is 0 Å². The maximum atomic E-state index is 13.3. The van der Waals surface area contributed by atoms with E-state index < -0.39 is 63.9 Å². The molecule has 4 atom stereocenters. The maximum absolute atomic E-state index is 13.3. The number of carbonyl (C=O) groups excluding carboxylic acids is 2. The summed E-state index contributed by atoms with van der Waals surface area (Å²) in [7, 11) is 0. The van der Waals surface area contributed by atoms with Crippen LogP contribution in [0.3, 0.4) is 0 Å². The van der Waals surface area contributed by atoms with Crippen molar-refractivity contribution in [3.63, 3.8) is 0 Å². The molecule has 6 nitrogen and oxygen atoms in total. The van der Waals surface area contributed by atoms with Crippen molar-refractivity contribution in [3.05, 3.63) is 0 Å². The van der Waals surface area contributed by atoms with Gasteiger partial charge < -0.3 is 19.7 Å². The molecule has 0 radical (unpaired) electrons. The average Bonchev–Trinajstić information content (AvgIpc) is 2.87. The minimum Gasteiger partial charge on any atom is -0.458 e. The van der Waals surface area contributed by atoms with Crippen LogP contribution in [0, 0.1) is 40.4 Å². The molecule has 0 aromatic carbocycles. The van der Waals surface area contributed by atoms with Crippen molar-refractivity contribution in [2.45, 2.75) is 153 Å². The number of hydrogen-bond acceptors (Lipinski definition) is 6. The molecule has 0 saturated heterocycles. The van der Waals surface area contributed by atoms with Gasteiger partial charge in [-0.15, -0.1) is 0 Å². The van der Waals surface area contributed by atoms with Gasteiger partial charge in [0.15, 0.2) is 10.8 Å². The number of ether oxygens (including phenoxy) is 2. The van der Waals surface area contributed by atoms with E-state index in [1.165, 1.54) is 20.3 Å². The highest BCUT2D eigenvalue weighted by atomic mass is 19.4. The van der Waals surface area contributed by atoms with E-state index in [2.05, 4.69) is 0 Å². The summed E-state index contributed by atoms with van der Waals surface area (Å²) in [6.45, 7) is 6.39. The van der Waals surface area contributed by atoms with Crippen LogP contribution in [0.5, 0.6) is 0 Å². The van der Waals surface area contributed by atoms with Crippen LogP contribution in [0.1, 0.15) is 118 Å². The molecule has 8 saturated carbocycles. The Morgan fingerprint density at radius 3 is 1.42 bits per heavy atom. The third kappa shape index (κ3) is 5.79. The first-order valence-corrected chi connectivity index (χ1v) is 16.5. The van der Waals surface area contributed by atoms with E-state index in [-0.39, 0.29) is 43.4 Å². The van der Waals surface area contributed by atoms with E-state index >= 15 is 0 Å². The second-order valence-electron chi connectivity index (χ2n) is 16.3. The lowest BCUT2D eigenvalue weighted by molar-refractivity contribution is -0.277. The standard InChI is InChI=1S/C17H25F3O2.C16H23F3O4/c1-4-15(2,17(18,19)20)14(21)22-16(3)12-6-10-5-11(8-12)9-13(16)7-10;1-3-12(2,16(17,18)19)11(20)23-15-6-10-4-13(21,8-15)7-14(22,5-10)9-15/h10-13H,4-9H2,1-3H3;10,21-22H,3-9H2,1-2H3. The van der Waals surface area contributed by atoms with Gasteiger partial charge in [-0.05, 0) is 115 Å². The molecule has 4 unspecified atom stereocenters. The highest BCUT2D eigenvalue weighted by Crippen LogP contribution is 2.62. The quantitative estimate of drug-likeness (QED) is 0.229. The van der Waals surface area contributed by atoms with Crippen LogP contribution < -0.4 is 0 Å². The Morgan fingerprint density at radius 1 is 0.667 bits per heavy atom. The van der Waals surface area contributed by atoms with Gasteiger partial charge in [-0.1, -0.05) is 13.8 Å². The largest absolute Gasteiger partial charge is 0.458 e. The van der Waals surface area contributed by atoms with Crippen molar-refractivity contribution in [3.8, 4) is 0 Å². The normalized spacial score (nSPS) is 44.0. The summed E-state index contributed by atoms with van der Waals surface area (Å²) in [4.78, 5) is 24.7. The van der Waals surface area contributed by atoms with Crippen LogP contribution in [0.15, 0.2) is 0 Å². The Bertz CT molecular complexity index is 1140. The molecule has 8 aliphatic rings. The summed E-state index contributed by atoms with van der Waals surface area (Å²) in [6.07, 6.45) is -2.81. The van der Waals surface area contributed by atoms with Crippen LogP contribution in [-0.4, -0.2) is 56.9 Å². The molecule has 0 heterocycles. The van der Waals surface area contributed by atoms with Gasteiger partial charge in [0.2, 0.25) is 0 Å². The Kier molecular flexibility index (Phi) is 8.28. The highest BCUT2D eigenvalue weighted by molar-refractivity contribution is 5.78. The summed E-state index contributed by atoms with van der Waals surface area (Å²) in [5.74, 6) is -0.556. The first-order valence-electron chi connectivity index (χ1n) is 16.5. The third-order valence-electron chi connectivity index (χ3n) is 12.9. The summed E-state index contributed by atoms with van der Waals surface area (Å²) in [5, 5.41) is 21.2. The SMILES string of the molecule is CCC(C)(C(=O)OC1(C)C2CC3CC(C2)CC1C3)C(F)(F)F.CCC(C)(C(=O)OC12CC3CC(O)(CC(O)(C3)C1)C2)C(F)(F)F. The number of rotatable bonds is 6. The molecule has 8 bridgehead atoms. The molecular formula is C33H48F6O6. The molecule has 0 aromatic heterocycles. The topological polar surface area (TPSA) is 93.1 Å². The second-order valence-corrected chi connectivity index (χ2v) is 16.3. The van der Waals surface area contributed by atoms with Crippen molar-refractivity contribution in [2.75, 3.05) is 0 Å². The number of alkyl halides is 6. The number of carbonyl (C=O) groups is 2. The van der Waals surface area contributed by atoms with E-state index in [1.807, 2.05) is 6.92 Å². The first kappa shape index (κ1) is 34.8. The molecule has 258 valence electrons. The number of esters is 2. The summed E-state index contributed by atoms with van der Waals surface area (Å²) in [6, 6.07) is 0. The van der Waals surface area contributed by atoms with E-state index in [4.69, 9.17) is 9.47 Å². The van der Waals surface area contributed by atoms with Crippen LogP contribution in [0.25, 0.3) is 0 Å². The predicted octanol–water partition coefficient (Wildman–Crippen LogP) is 7.43. The lowest BCUT2D eigenvalue weighted by atomic mass is 9.50. The van der Waals surface area contributed by atoms with Crippen molar-refractivity contribution in [1.29, 1.82) is 0 Å². The molecule has 0 spiro atoms. The summed E-state index contributed by atoms with van der Waals surface area (Å²) in [5.41, 5.74) is -9.13. The third-order valence-corrected chi connectivity index (χ3v) is 12.9. The van der Waals surface area contributed by atoms with Gasteiger partial charge in [0.05, 0.1) is 11.2 Å². The van der Waals surface area contributed by atoms with Crippen molar-refractivity contribution in [2.24, 2.45) is 40.4 Å². The smallest absolute Gasteiger partial charge is 0.404 e. The summed E-state index contributed by atoms with van der Waals surface area (Å²) < 4.78 is 90.7. The van der Waals surface area contributed by atoms with E-state index in [0.29, 0.717) is 31.1 Å². The molecule has 12 heteroatoms. The van der Waals surface area contributed by atoms with Gasteiger partial charge in [-0.25, -0.2) is 0 Å². The number of hydrogen-bond donors (Lipinski definition) is 2. The second kappa shape index (κ2) is 10.7. The van der Waals surface area contributed by atoms with Gasteiger partial charge in [-0.3, -0.25) is 9.59 Å². The van der Waals surface area contributed by atoms with Crippen molar-refractivity contribution < 1.29 is 55.6 Å². The fourth-order valence-electron chi connectivity index (χ4n) is 10.2. The van der Waals surface area contributed by atoms with Crippen LogP contribution in [0.4, 0.5) is 26.3 Å². The van der Waals surface area contributed by atoms with Gasteiger partial charge >= 0.3 is 24.3 Å². The van der Waals surface area contributed by atoms with E-state index in [9.17, 15) is 46.1 Å². The van der Waals surface area contributed by atoms with Gasteiger partial charge in [-0.2, -0.15) is 26.3 Å². The van der Waals surface area contributed by atoms with E-state index in [0.717, 1.165) is 39.5 Å².